The average molecular weight is 363 g/mol. The Morgan fingerprint density at radius 3 is 2.95 bits per heavy atom. The Balaban J connectivity index is 1.67. The predicted molar refractivity (Wildman–Crippen MR) is 84.9 cm³/mol. The van der Waals surface area contributed by atoms with Crippen LogP contribution >= 0.6 is 11.6 Å². The van der Waals surface area contributed by atoms with Crippen LogP contribution in [0.1, 0.15) is 5.56 Å². The number of nitrogens with zero attached hydrogens (tertiary/aromatic N) is 2. The van der Waals surface area contributed by atoms with E-state index in [9.17, 15) is 0 Å². The molecule has 0 atom stereocenters. The second-order valence-corrected chi connectivity index (χ2v) is 6.09. The van der Waals surface area contributed by atoms with Crippen molar-refractivity contribution < 1.29 is 4.42 Å². The van der Waals surface area contributed by atoms with Crippen molar-refractivity contribution in [2.24, 2.45) is 7.92 Å². The summed E-state index contributed by atoms with van der Waals surface area (Å²) in [5.74, 6) is 0. The molecule has 2 heterocycles. The summed E-state index contributed by atoms with van der Waals surface area (Å²) in [6, 6.07) is 13.8. The average Bonchev–Trinajstić information content (AvgIpc) is 3.09. The number of nitrogens with one attached hydrogen (secondary N) is 1. The van der Waals surface area contributed by atoms with Gasteiger partial charge in [-0.15, -0.1) is 0 Å². The molecule has 0 amide bonds. The van der Waals surface area contributed by atoms with Gasteiger partial charge in [0.05, 0.1) is 0 Å². The molecule has 0 radical (unpaired) electrons. The number of rotatable bonds is 3. The van der Waals surface area contributed by atoms with Gasteiger partial charge in [-0.3, -0.25) is 0 Å². The third-order valence-corrected chi connectivity index (χ3v) is 4.83. The molecule has 21 heavy (non-hydrogen) atoms. The first kappa shape index (κ1) is 12.9. The quantitative estimate of drug-likeness (QED) is 0.519. The molecule has 0 bridgehead atoms. The Morgan fingerprint density at radius 1 is 1.10 bits per heavy atom. The van der Waals surface area contributed by atoms with Crippen LogP contribution in [0.15, 0.2) is 54.8 Å². The zero-order chi connectivity index (χ0) is 14.2. The summed E-state index contributed by atoms with van der Waals surface area (Å²) < 4.78 is 14.4. The molecule has 4 rings (SSSR count). The van der Waals surface area contributed by atoms with Gasteiger partial charge >= 0.3 is 132 Å². The van der Waals surface area contributed by atoms with Crippen molar-refractivity contribution in [2.45, 2.75) is 6.54 Å². The normalized spacial score (nSPS) is 12.4. The summed E-state index contributed by atoms with van der Waals surface area (Å²) in [5, 5.41) is 4.86. The van der Waals surface area contributed by atoms with Crippen molar-refractivity contribution in [2.75, 3.05) is 5.32 Å². The van der Waals surface area contributed by atoms with Crippen molar-refractivity contribution >= 4 is 54.2 Å². The standard InChI is InChI=1S/C15H10ClN3OSe/c16-15-10(9-4-1-2-7-13(9)20-15)8-17-11-5-3-6-12-14(11)19-21-18-12/h1-7,17H,8H2. The Labute approximate surface area is 131 Å². The maximum absolute atomic E-state index is 6.21. The van der Waals surface area contributed by atoms with Gasteiger partial charge in [-0.05, 0) is 0 Å². The number of furan rings is 1. The summed E-state index contributed by atoms with van der Waals surface area (Å²) in [6.45, 7) is 0.592. The van der Waals surface area contributed by atoms with Crippen LogP contribution in [0, 0.1) is 0 Å². The molecule has 0 fully saturated rings. The Hall–Kier alpha value is -1.81. The third-order valence-electron chi connectivity index (χ3n) is 3.39. The van der Waals surface area contributed by atoms with Crippen molar-refractivity contribution in [3.05, 3.63) is 53.2 Å². The molecule has 0 saturated carbocycles. The monoisotopic (exact) mass is 363 g/mol. The van der Waals surface area contributed by atoms with Gasteiger partial charge in [0.1, 0.15) is 0 Å². The number of fused-ring (bicyclic) bond motifs is 2. The molecule has 0 spiro atoms. The molecular formula is C15H10ClN3OSe. The second kappa shape index (κ2) is 5.19. The van der Waals surface area contributed by atoms with Gasteiger partial charge in [0.15, 0.2) is 0 Å². The van der Waals surface area contributed by atoms with E-state index in [1.54, 1.807) is 0 Å². The van der Waals surface area contributed by atoms with Crippen LogP contribution in [0.3, 0.4) is 0 Å². The molecule has 6 heteroatoms. The number of benzene rings is 2. The zero-order valence-corrected chi connectivity index (χ0v) is 13.3. The minimum atomic E-state index is -0.0277. The zero-order valence-electron chi connectivity index (χ0n) is 10.8. The van der Waals surface area contributed by atoms with Gasteiger partial charge in [-0.25, -0.2) is 0 Å². The fourth-order valence-electron chi connectivity index (χ4n) is 2.37. The Morgan fingerprint density at radius 2 is 2.00 bits per heavy atom. The molecule has 1 aliphatic heterocycles. The molecule has 0 saturated heterocycles. The van der Waals surface area contributed by atoms with Gasteiger partial charge in [-0.1, -0.05) is 0 Å². The van der Waals surface area contributed by atoms with E-state index in [1.807, 2.05) is 42.5 Å². The molecular weight excluding hydrogens is 353 g/mol. The van der Waals surface area contributed by atoms with E-state index in [-0.39, 0.29) is 14.6 Å². The van der Waals surface area contributed by atoms with Gasteiger partial charge in [0.25, 0.3) is 0 Å². The van der Waals surface area contributed by atoms with Gasteiger partial charge < -0.3 is 0 Å². The third kappa shape index (κ3) is 2.23. The number of halogens is 1. The maximum atomic E-state index is 6.21. The van der Waals surface area contributed by atoms with Crippen molar-refractivity contribution in [3.63, 3.8) is 0 Å². The molecule has 2 aromatic carbocycles. The number of hydrogen-bond acceptors (Lipinski definition) is 4. The van der Waals surface area contributed by atoms with Crippen LogP contribution in [0.4, 0.5) is 17.1 Å². The van der Waals surface area contributed by atoms with Crippen LogP contribution in [0.2, 0.25) is 5.22 Å². The van der Waals surface area contributed by atoms with Crippen LogP contribution in [-0.2, 0) is 6.54 Å². The Kier molecular flexibility index (Phi) is 3.18. The molecule has 4 nitrogen and oxygen atoms in total. The number of para-hydroxylation sites is 1. The topological polar surface area (TPSA) is 49.9 Å². The number of hydrogen-bond donors (Lipinski definition) is 1. The van der Waals surface area contributed by atoms with Crippen molar-refractivity contribution in [3.8, 4) is 0 Å². The van der Waals surface area contributed by atoms with Crippen LogP contribution in [-0.4, -0.2) is 14.6 Å². The molecule has 104 valence electrons. The summed E-state index contributed by atoms with van der Waals surface area (Å²) in [6.07, 6.45) is 0. The molecule has 3 aromatic rings. The summed E-state index contributed by atoms with van der Waals surface area (Å²) >= 11 is 6.18. The van der Waals surface area contributed by atoms with E-state index in [4.69, 9.17) is 16.0 Å². The van der Waals surface area contributed by atoms with Crippen molar-refractivity contribution in [1.82, 2.24) is 0 Å². The van der Waals surface area contributed by atoms with Gasteiger partial charge in [-0.2, -0.15) is 0 Å². The summed E-state index contributed by atoms with van der Waals surface area (Å²) in [4.78, 5) is 0. The van der Waals surface area contributed by atoms with E-state index in [2.05, 4.69) is 13.2 Å². The van der Waals surface area contributed by atoms with E-state index in [0.717, 1.165) is 33.6 Å². The summed E-state index contributed by atoms with van der Waals surface area (Å²) in [7, 11) is 0. The fourth-order valence-corrected chi connectivity index (χ4v) is 3.77. The molecule has 1 N–H and O–H groups in total. The molecule has 0 aliphatic carbocycles. The van der Waals surface area contributed by atoms with E-state index in [0.29, 0.717) is 11.8 Å². The summed E-state index contributed by atoms with van der Waals surface area (Å²) in [5.41, 5.74) is 4.66. The van der Waals surface area contributed by atoms with Crippen LogP contribution in [0.25, 0.3) is 11.0 Å². The Bertz CT molecular complexity index is 912. The number of anilines is 1. The molecule has 0 unspecified atom stereocenters. The van der Waals surface area contributed by atoms with E-state index in [1.165, 1.54) is 0 Å². The van der Waals surface area contributed by atoms with Crippen molar-refractivity contribution in [1.29, 1.82) is 0 Å². The van der Waals surface area contributed by atoms with E-state index >= 15 is 0 Å². The molecule has 1 aromatic heterocycles. The van der Waals surface area contributed by atoms with Gasteiger partial charge in [0, 0.05) is 0 Å². The minimum absolute atomic E-state index is 0.0277. The first-order valence-electron chi connectivity index (χ1n) is 6.44. The van der Waals surface area contributed by atoms with Crippen LogP contribution < -0.4 is 5.32 Å². The van der Waals surface area contributed by atoms with E-state index < -0.39 is 0 Å². The predicted octanol–water partition coefficient (Wildman–Crippen LogP) is 5.05. The fraction of sp³-hybridized carbons (Fsp3) is 0.0667. The SMILES string of the molecule is Clc1oc2ccccc2c1CNc1cccc2c1N=[Se]=N2. The molecule has 1 aliphatic rings. The van der Waals surface area contributed by atoms with Gasteiger partial charge in [0.2, 0.25) is 0 Å². The second-order valence-electron chi connectivity index (χ2n) is 4.64. The first-order chi connectivity index (χ1) is 10.3. The van der Waals surface area contributed by atoms with Crippen LogP contribution in [0.5, 0.6) is 0 Å². The first-order valence-corrected chi connectivity index (χ1v) is 8.35.